The molecule has 1 aromatic heterocycles. The first-order chi connectivity index (χ1) is 5.70. The van der Waals surface area contributed by atoms with Gasteiger partial charge >= 0.3 is 0 Å². The van der Waals surface area contributed by atoms with Crippen molar-refractivity contribution in [1.29, 1.82) is 0 Å². The van der Waals surface area contributed by atoms with E-state index in [1.165, 1.54) is 11.4 Å². The highest BCUT2D eigenvalue weighted by atomic mass is 16.3. The summed E-state index contributed by atoms with van der Waals surface area (Å²) in [7, 11) is 0. The highest BCUT2D eigenvalue weighted by Gasteiger charge is 2.10. The summed E-state index contributed by atoms with van der Waals surface area (Å²) in [6.07, 6.45) is 0.979. The summed E-state index contributed by atoms with van der Waals surface area (Å²) >= 11 is 0. The van der Waals surface area contributed by atoms with Crippen molar-refractivity contribution in [2.24, 2.45) is 0 Å². The van der Waals surface area contributed by atoms with E-state index in [4.69, 9.17) is 5.11 Å². The van der Waals surface area contributed by atoms with E-state index in [1.807, 2.05) is 0 Å². The zero-order chi connectivity index (χ0) is 9.14. The molecule has 0 aliphatic carbocycles. The van der Waals surface area contributed by atoms with Gasteiger partial charge in [-0.2, -0.15) is 0 Å². The van der Waals surface area contributed by atoms with Crippen LogP contribution in [0.3, 0.4) is 0 Å². The van der Waals surface area contributed by atoms with Crippen molar-refractivity contribution in [3.63, 3.8) is 0 Å². The number of aromatic nitrogens is 1. The molecule has 0 radical (unpaired) electrons. The molecule has 1 heterocycles. The van der Waals surface area contributed by atoms with Crippen LogP contribution in [0.25, 0.3) is 0 Å². The van der Waals surface area contributed by atoms with Crippen LogP contribution in [0.2, 0.25) is 0 Å². The van der Waals surface area contributed by atoms with Gasteiger partial charge in [0.05, 0.1) is 12.6 Å². The normalized spacial score (nSPS) is 13.3. The molecule has 0 fully saturated rings. The van der Waals surface area contributed by atoms with Gasteiger partial charge in [0.25, 0.3) is 0 Å². The molecule has 0 saturated carbocycles. The molecule has 0 amide bonds. The lowest BCUT2D eigenvalue weighted by Crippen LogP contribution is -2.14. The van der Waals surface area contributed by atoms with Crippen LogP contribution in [-0.4, -0.2) is 16.3 Å². The summed E-state index contributed by atoms with van der Waals surface area (Å²) in [6.45, 7) is 6.48. The molecule has 68 valence electrons. The Morgan fingerprint density at radius 2 is 1.83 bits per heavy atom. The third kappa shape index (κ3) is 1.53. The van der Waals surface area contributed by atoms with Gasteiger partial charge in [-0.15, -0.1) is 0 Å². The maximum atomic E-state index is 9.13. The Hall–Kier alpha value is -0.760. The van der Waals surface area contributed by atoms with Crippen molar-refractivity contribution in [3.8, 4) is 0 Å². The fourth-order valence-corrected chi connectivity index (χ4v) is 1.65. The molecule has 1 atom stereocenters. The van der Waals surface area contributed by atoms with E-state index in [2.05, 4.69) is 37.5 Å². The highest BCUT2D eigenvalue weighted by Crippen LogP contribution is 2.17. The lowest BCUT2D eigenvalue weighted by Gasteiger charge is -2.18. The molecule has 0 bridgehead atoms. The second-order valence-corrected chi connectivity index (χ2v) is 3.23. The summed E-state index contributed by atoms with van der Waals surface area (Å²) in [5.41, 5.74) is 2.46. The van der Waals surface area contributed by atoms with Gasteiger partial charge in [-0.25, -0.2) is 0 Å². The summed E-state index contributed by atoms with van der Waals surface area (Å²) in [5.74, 6) is 0. The van der Waals surface area contributed by atoms with Crippen LogP contribution < -0.4 is 0 Å². The highest BCUT2D eigenvalue weighted by molar-refractivity contribution is 5.14. The Bertz CT molecular complexity index is 229. The van der Waals surface area contributed by atoms with Crippen molar-refractivity contribution in [1.82, 2.24) is 4.57 Å². The van der Waals surface area contributed by atoms with Gasteiger partial charge in [0, 0.05) is 11.4 Å². The quantitative estimate of drug-likeness (QED) is 0.732. The minimum absolute atomic E-state index is 0.229. The van der Waals surface area contributed by atoms with Crippen molar-refractivity contribution in [3.05, 3.63) is 23.5 Å². The first kappa shape index (κ1) is 9.33. The van der Waals surface area contributed by atoms with Crippen LogP contribution in [0.15, 0.2) is 12.1 Å². The first-order valence-corrected chi connectivity index (χ1v) is 4.46. The Morgan fingerprint density at radius 1 is 1.33 bits per heavy atom. The number of nitrogens with zero attached hydrogens (tertiary/aromatic N) is 1. The minimum Gasteiger partial charge on any atom is -0.394 e. The molecular weight excluding hydrogens is 150 g/mol. The molecule has 0 spiro atoms. The van der Waals surface area contributed by atoms with Crippen molar-refractivity contribution in [2.45, 2.75) is 33.2 Å². The number of hydrogen-bond donors (Lipinski definition) is 1. The van der Waals surface area contributed by atoms with E-state index >= 15 is 0 Å². The summed E-state index contributed by atoms with van der Waals surface area (Å²) in [4.78, 5) is 0. The first-order valence-electron chi connectivity index (χ1n) is 4.46. The predicted octanol–water partition coefficient (Wildman–Crippen LogP) is 2.05. The van der Waals surface area contributed by atoms with E-state index in [1.54, 1.807) is 0 Å². The Labute approximate surface area is 73.8 Å². The van der Waals surface area contributed by atoms with Crippen molar-refractivity contribution in [2.75, 3.05) is 6.61 Å². The van der Waals surface area contributed by atoms with Gasteiger partial charge in [0.1, 0.15) is 0 Å². The van der Waals surface area contributed by atoms with Crippen LogP contribution in [0.5, 0.6) is 0 Å². The molecule has 2 nitrogen and oxygen atoms in total. The van der Waals surface area contributed by atoms with Crippen LogP contribution in [0.1, 0.15) is 30.8 Å². The number of aryl methyl sites for hydroxylation is 2. The summed E-state index contributed by atoms with van der Waals surface area (Å²) in [6, 6.07) is 4.43. The molecule has 0 aliphatic rings. The fraction of sp³-hybridized carbons (Fsp3) is 0.600. The molecule has 0 aliphatic heterocycles. The maximum Gasteiger partial charge on any atom is 0.0638 e. The zero-order valence-corrected chi connectivity index (χ0v) is 8.04. The third-order valence-corrected chi connectivity index (χ3v) is 2.37. The van der Waals surface area contributed by atoms with E-state index in [9.17, 15) is 0 Å². The van der Waals surface area contributed by atoms with Gasteiger partial charge in [-0.05, 0) is 32.4 Å². The molecular formula is C10H17NO. The Balaban J connectivity index is 2.98. The van der Waals surface area contributed by atoms with E-state index in [0.29, 0.717) is 0 Å². The van der Waals surface area contributed by atoms with E-state index in [-0.39, 0.29) is 12.6 Å². The van der Waals surface area contributed by atoms with Crippen LogP contribution in [0, 0.1) is 13.8 Å². The molecule has 1 N–H and O–H groups in total. The summed E-state index contributed by atoms with van der Waals surface area (Å²) < 4.78 is 2.19. The van der Waals surface area contributed by atoms with Gasteiger partial charge in [-0.3, -0.25) is 0 Å². The predicted molar refractivity (Wildman–Crippen MR) is 50.3 cm³/mol. The average Bonchev–Trinajstić information content (AvgIpc) is 2.38. The molecule has 1 aromatic rings. The van der Waals surface area contributed by atoms with Crippen LogP contribution in [-0.2, 0) is 0 Å². The number of aliphatic hydroxyl groups excluding tert-OH is 1. The van der Waals surface area contributed by atoms with E-state index < -0.39 is 0 Å². The van der Waals surface area contributed by atoms with Gasteiger partial charge < -0.3 is 9.67 Å². The van der Waals surface area contributed by atoms with Crippen molar-refractivity contribution >= 4 is 0 Å². The number of hydrogen-bond acceptors (Lipinski definition) is 1. The number of aliphatic hydroxyl groups is 1. The van der Waals surface area contributed by atoms with E-state index in [0.717, 1.165) is 6.42 Å². The summed E-state index contributed by atoms with van der Waals surface area (Å²) in [5, 5.41) is 9.13. The molecule has 12 heavy (non-hydrogen) atoms. The van der Waals surface area contributed by atoms with Crippen LogP contribution >= 0.6 is 0 Å². The standard InChI is InChI=1S/C10H17NO/c1-4-10(7-12)11-8(2)5-6-9(11)3/h5-6,10,12H,4,7H2,1-3H3/t10-/m1/s1. The topological polar surface area (TPSA) is 25.2 Å². The molecule has 0 unspecified atom stereocenters. The average molecular weight is 167 g/mol. The Kier molecular flexibility index (Phi) is 2.93. The molecule has 2 heteroatoms. The maximum absolute atomic E-state index is 9.13. The van der Waals surface area contributed by atoms with Gasteiger partial charge in [0.15, 0.2) is 0 Å². The second kappa shape index (κ2) is 3.76. The van der Waals surface area contributed by atoms with Crippen LogP contribution in [0.4, 0.5) is 0 Å². The lowest BCUT2D eigenvalue weighted by molar-refractivity contribution is 0.221. The van der Waals surface area contributed by atoms with Gasteiger partial charge in [0.2, 0.25) is 0 Å². The zero-order valence-electron chi connectivity index (χ0n) is 8.04. The molecule has 0 saturated heterocycles. The Morgan fingerprint density at radius 3 is 2.17 bits per heavy atom. The SMILES string of the molecule is CC[C@H](CO)n1c(C)ccc1C. The van der Waals surface area contributed by atoms with Crippen molar-refractivity contribution < 1.29 is 5.11 Å². The smallest absolute Gasteiger partial charge is 0.0638 e. The monoisotopic (exact) mass is 167 g/mol. The lowest BCUT2D eigenvalue weighted by atomic mass is 10.2. The third-order valence-electron chi connectivity index (χ3n) is 2.37. The minimum atomic E-state index is 0.229. The second-order valence-electron chi connectivity index (χ2n) is 3.23. The molecule has 0 aromatic carbocycles. The fourth-order valence-electron chi connectivity index (χ4n) is 1.65. The largest absolute Gasteiger partial charge is 0.394 e. The number of rotatable bonds is 3. The molecule has 1 rings (SSSR count). The van der Waals surface area contributed by atoms with Gasteiger partial charge in [-0.1, -0.05) is 6.92 Å².